The second-order valence-corrected chi connectivity index (χ2v) is 9.62. The van der Waals surface area contributed by atoms with Gasteiger partial charge in [-0.25, -0.2) is 4.79 Å². The quantitative estimate of drug-likeness (QED) is 0.505. The number of allylic oxidation sites excluding steroid dienone is 1. The van der Waals surface area contributed by atoms with E-state index in [1.807, 2.05) is 18.2 Å². The highest BCUT2D eigenvalue weighted by molar-refractivity contribution is 9.11. The second kappa shape index (κ2) is 10.2. The van der Waals surface area contributed by atoms with Crippen molar-refractivity contribution in [1.29, 1.82) is 0 Å². The average Bonchev–Trinajstić information content (AvgIpc) is 3.15. The van der Waals surface area contributed by atoms with E-state index in [1.54, 1.807) is 6.07 Å². The molecule has 0 radical (unpaired) electrons. The third kappa shape index (κ3) is 5.07. The number of aromatic carboxylic acids is 1. The standard InChI is InChI=1S/C26H29BrFNO3/c1-17-6-8-20(32-21-10-13-29(16-21)12-3-11-28)15-23(17)25-22-9-7-19(26(30)31)14-18(22)4-2-5-24(25)27/h6-9,14-15,21H,2-5,10-13,16H2,1H3,(H,30,31)/t21-/m1/s1. The molecule has 2 aliphatic rings. The van der Waals surface area contributed by atoms with Crippen molar-refractivity contribution in [1.82, 2.24) is 4.90 Å². The zero-order valence-electron chi connectivity index (χ0n) is 18.4. The maximum atomic E-state index is 12.5. The van der Waals surface area contributed by atoms with E-state index in [0.29, 0.717) is 12.0 Å². The molecular formula is C26H29BrFNO3. The van der Waals surface area contributed by atoms with Crippen molar-refractivity contribution in [2.24, 2.45) is 0 Å². The van der Waals surface area contributed by atoms with Crippen LogP contribution in [-0.2, 0) is 6.42 Å². The van der Waals surface area contributed by atoms with E-state index in [-0.39, 0.29) is 12.8 Å². The van der Waals surface area contributed by atoms with Crippen molar-refractivity contribution >= 4 is 27.5 Å². The molecule has 1 aliphatic heterocycles. The van der Waals surface area contributed by atoms with Gasteiger partial charge in [-0.3, -0.25) is 9.29 Å². The molecule has 4 nitrogen and oxygen atoms in total. The minimum absolute atomic E-state index is 0.113. The molecule has 0 amide bonds. The van der Waals surface area contributed by atoms with Gasteiger partial charge in [-0.05, 0) is 91.1 Å². The molecule has 0 unspecified atom stereocenters. The molecule has 1 atom stereocenters. The Morgan fingerprint density at radius 1 is 1.22 bits per heavy atom. The van der Waals surface area contributed by atoms with Crippen molar-refractivity contribution < 1.29 is 19.0 Å². The van der Waals surface area contributed by atoms with Gasteiger partial charge in [0.2, 0.25) is 0 Å². The Hall–Kier alpha value is -2.18. The maximum Gasteiger partial charge on any atom is 0.335 e. The summed E-state index contributed by atoms with van der Waals surface area (Å²) in [5.74, 6) is -0.0611. The molecule has 170 valence electrons. The van der Waals surface area contributed by atoms with Gasteiger partial charge in [0.15, 0.2) is 0 Å². The molecule has 1 aliphatic carbocycles. The van der Waals surface area contributed by atoms with Gasteiger partial charge in [0.1, 0.15) is 11.9 Å². The number of nitrogens with zero attached hydrogens (tertiary/aromatic N) is 1. The highest BCUT2D eigenvalue weighted by Gasteiger charge is 2.25. The van der Waals surface area contributed by atoms with Crippen molar-refractivity contribution in [3.8, 4) is 5.75 Å². The zero-order chi connectivity index (χ0) is 22.7. The topological polar surface area (TPSA) is 49.8 Å². The van der Waals surface area contributed by atoms with Gasteiger partial charge in [0.25, 0.3) is 0 Å². The van der Waals surface area contributed by atoms with Crippen LogP contribution in [0, 0.1) is 6.92 Å². The molecule has 2 aromatic rings. The number of hydrogen-bond acceptors (Lipinski definition) is 3. The number of alkyl halides is 1. The Morgan fingerprint density at radius 3 is 2.84 bits per heavy atom. The van der Waals surface area contributed by atoms with Crippen LogP contribution in [0.25, 0.3) is 5.57 Å². The van der Waals surface area contributed by atoms with Crippen molar-refractivity contribution in [3.63, 3.8) is 0 Å². The van der Waals surface area contributed by atoms with Gasteiger partial charge in [-0.2, -0.15) is 0 Å². The fourth-order valence-corrected chi connectivity index (χ4v) is 5.40. The lowest BCUT2D eigenvalue weighted by atomic mass is 9.90. The van der Waals surface area contributed by atoms with Crippen LogP contribution in [0.15, 0.2) is 40.9 Å². The molecule has 6 heteroatoms. The number of rotatable bonds is 7. The predicted molar refractivity (Wildman–Crippen MR) is 129 cm³/mol. The molecule has 0 saturated carbocycles. The van der Waals surface area contributed by atoms with Gasteiger partial charge < -0.3 is 9.84 Å². The molecule has 1 fully saturated rings. The summed E-state index contributed by atoms with van der Waals surface area (Å²) in [6.07, 6.45) is 4.35. The van der Waals surface area contributed by atoms with Crippen LogP contribution < -0.4 is 4.74 Å². The molecule has 0 spiro atoms. The zero-order valence-corrected chi connectivity index (χ0v) is 20.0. The van der Waals surface area contributed by atoms with E-state index in [4.69, 9.17) is 4.74 Å². The summed E-state index contributed by atoms with van der Waals surface area (Å²) in [6, 6.07) is 11.6. The number of halogens is 2. The number of aryl methyl sites for hydroxylation is 2. The fourth-order valence-electron chi connectivity index (χ4n) is 4.69. The summed E-state index contributed by atoms with van der Waals surface area (Å²) in [6.45, 7) is 4.37. The fraction of sp³-hybridized carbons (Fsp3) is 0.423. The van der Waals surface area contributed by atoms with E-state index in [0.717, 1.165) is 83.4 Å². The van der Waals surface area contributed by atoms with Gasteiger partial charge in [0.05, 0.1) is 12.2 Å². The van der Waals surface area contributed by atoms with Crippen molar-refractivity contribution in [2.75, 3.05) is 26.3 Å². The minimum Gasteiger partial charge on any atom is -0.489 e. The van der Waals surface area contributed by atoms with Crippen molar-refractivity contribution in [3.05, 3.63) is 68.7 Å². The average molecular weight is 502 g/mol. The second-order valence-electron chi connectivity index (χ2n) is 8.66. The van der Waals surface area contributed by atoms with Crippen LogP contribution in [0.5, 0.6) is 5.75 Å². The molecule has 0 bridgehead atoms. The third-order valence-corrected chi connectivity index (χ3v) is 7.15. The van der Waals surface area contributed by atoms with E-state index in [1.165, 1.54) is 0 Å². The maximum absolute atomic E-state index is 12.5. The van der Waals surface area contributed by atoms with Crippen LogP contribution in [0.1, 0.15) is 58.3 Å². The number of carbonyl (C=O) groups is 1. The van der Waals surface area contributed by atoms with Gasteiger partial charge in [-0.15, -0.1) is 0 Å². The Labute approximate surface area is 197 Å². The summed E-state index contributed by atoms with van der Waals surface area (Å²) >= 11 is 3.82. The Bertz CT molecular complexity index is 1040. The van der Waals surface area contributed by atoms with E-state index < -0.39 is 5.97 Å². The summed E-state index contributed by atoms with van der Waals surface area (Å²) in [4.78, 5) is 13.7. The summed E-state index contributed by atoms with van der Waals surface area (Å²) in [5.41, 5.74) is 5.85. The van der Waals surface area contributed by atoms with Crippen LogP contribution in [0.4, 0.5) is 4.39 Å². The molecule has 2 aromatic carbocycles. The first-order valence-electron chi connectivity index (χ1n) is 11.3. The Kier molecular flexibility index (Phi) is 7.31. The lowest BCUT2D eigenvalue weighted by Gasteiger charge is -2.19. The van der Waals surface area contributed by atoms with Crippen LogP contribution >= 0.6 is 15.9 Å². The van der Waals surface area contributed by atoms with Gasteiger partial charge in [-0.1, -0.05) is 28.1 Å². The lowest BCUT2D eigenvalue weighted by molar-refractivity contribution is 0.0696. The summed E-state index contributed by atoms with van der Waals surface area (Å²) < 4.78 is 19.9. The van der Waals surface area contributed by atoms with E-state index in [9.17, 15) is 14.3 Å². The molecule has 32 heavy (non-hydrogen) atoms. The predicted octanol–water partition coefficient (Wildman–Crippen LogP) is 6.00. The number of hydrogen-bond donors (Lipinski definition) is 1. The van der Waals surface area contributed by atoms with E-state index in [2.05, 4.69) is 39.9 Å². The molecule has 1 heterocycles. The summed E-state index contributed by atoms with van der Waals surface area (Å²) in [5, 5.41) is 9.41. The van der Waals surface area contributed by atoms with Gasteiger partial charge in [0, 0.05) is 24.1 Å². The normalized spacial score (nSPS) is 19.0. The number of fused-ring (bicyclic) bond motifs is 1. The first-order valence-corrected chi connectivity index (χ1v) is 12.1. The largest absolute Gasteiger partial charge is 0.489 e. The van der Waals surface area contributed by atoms with E-state index >= 15 is 0 Å². The molecule has 4 rings (SSSR count). The highest BCUT2D eigenvalue weighted by atomic mass is 79.9. The number of carboxylic acids is 1. The van der Waals surface area contributed by atoms with Gasteiger partial charge >= 0.3 is 5.97 Å². The Balaban J connectivity index is 1.63. The lowest BCUT2D eigenvalue weighted by Crippen LogP contribution is -2.26. The first-order chi connectivity index (χ1) is 15.5. The van der Waals surface area contributed by atoms with Crippen molar-refractivity contribution in [2.45, 2.75) is 45.1 Å². The summed E-state index contributed by atoms with van der Waals surface area (Å²) in [7, 11) is 0. The Morgan fingerprint density at radius 2 is 2.06 bits per heavy atom. The SMILES string of the molecule is Cc1ccc(O[C@@H]2CCN(CCCF)C2)cc1C1=C(Br)CCCc2cc(C(=O)O)ccc21. The third-order valence-electron chi connectivity index (χ3n) is 6.35. The number of likely N-dealkylation sites (tertiary alicyclic amines) is 1. The first kappa shape index (κ1) is 23.0. The minimum atomic E-state index is -0.898. The molecule has 1 saturated heterocycles. The van der Waals surface area contributed by atoms with Crippen LogP contribution in [-0.4, -0.2) is 48.4 Å². The monoisotopic (exact) mass is 501 g/mol. The van der Waals surface area contributed by atoms with Crippen LogP contribution in [0.3, 0.4) is 0 Å². The number of benzene rings is 2. The number of carboxylic acid groups (broad SMARTS) is 1. The smallest absolute Gasteiger partial charge is 0.335 e. The molecule has 0 aromatic heterocycles. The molecule has 1 N–H and O–H groups in total. The number of ether oxygens (including phenoxy) is 1. The van der Waals surface area contributed by atoms with Crippen LogP contribution in [0.2, 0.25) is 0 Å². The molecular weight excluding hydrogens is 473 g/mol. The highest BCUT2D eigenvalue weighted by Crippen LogP contribution is 2.40.